The first-order chi connectivity index (χ1) is 16.1. The van der Waals surface area contributed by atoms with E-state index < -0.39 is 5.54 Å². The first-order valence-electron chi connectivity index (χ1n) is 10.3. The van der Waals surface area contributed by atoms with Gasteiger partial charge in [-0.2, -0.15) is 0 Å². The van der Waals surface area contributed by atoms with E-state index in [-0.39, 0.29) is 5.91 Å². The molecule has 0 spiro atoms. The van der Waals surface area contributed by atoms with Gasteiger partial charge in [0.25, 0.3) is 5.91 Å². The van der Waals surface area contributed by atoms with Crippen molar-refractivity contribution in [2.45, 2.75) is 5.54 Å². The second-order valence-electron chi connectivity index (χ2n) is 7.51. The molecule has 1 aliphatic rings. The van der Waals surface area contributed by atoms with Crippen molar-refractivity contribution in [3.63, 3.8) is 0 Å². The maximum atomic E-state index is 14.1. The number of methoxy groups -OCH3 is 3. The van der Waals surface area contributed by atoms with Crippen molar-refractivity contribution in [1.29, 1.82) is 0 Å². The van der Waals surface area contributed by atoms with Crippen molar-refractivity contribution >= 4 is 11.9 Å². The van der Waals surface area contributed by atoms with Crippen LogP contribution in [-0.2, 0) is 5.54 Å². The Kier molecular flexibility index (Phi) is 4.97. The van der Waals surface area contributed by atoms with Gasteiger partial charge in [-0.1, -0.05) is 60.7 Å². The number of carbonyl (C=O) groups is 1. The van der Waals surface area contributed by atoms with Gasteiger partial charge in [0.15, 0.2) is 22.9 Å². The number of nitrogens with zero attached hydrogens (tertiary/aromatic N) is 3. The van der Waals surface area contributed by atoms with Crippen molar-refractivity contribution in [2.24, 2.45) is 0 Å². The SMILES string of the molecule is COc1cc(-c2nnc3n2C(=O)C(c2ccccc2)(c2ccccc2)N3)cc(OC)c1OC. The second-order valence-corrected chi connectivity index (χ2v) is 7.51. The summed E-state index contributed by atoms with van der Waals surface area (Å²) in [5, 5.41) is 11.9. The molecule has 0 radical (unpaired) electrons. The monoisotopic (exact) mass is 442 g/mol. The summed E-state index contributed by atoms with van der Waals surface area (Å²) in [7, 11) is 4.62. The van der Waals surface area contributed by atoms with Gasteiger partial charge in [-0.15, -0.1) is 10.2 Å². The third kappa shape index (κ3) is 3.02. The summed E-state index contributed by atoms with van der Waals surface area (Å²) in [6.07, 6.45) is 0. The Labute approximate surface area is 190 Å². The Balaban J connectivity index is 1.70. The second kappa shape index (κ2) is 7.98. The standard InChI is InChI=1S/C25H22N4O4/c1-31-19-14-16(15-20(32-2)21(19)33-3)22-27-28-24-26-25(23(30)29(22)24,17-10-6-4-7-11-17)18-12-8-5-9-13-18/h4-15H,1-3H3,(H,26,28). The molecule has 4 aromatic rings. The summed E-state index contributed by atoms with van der Waals surface area (Å²) < 4.78 is 17.9. The lowest BCUT2D eigenvalue weighted by molar-refractivity contribution is 0.0869. The van der Waals surface area contributed by atoms with Crippen molar-refractivity contribution in [2.75, 3.05) is 26.6 Å². The molecule has 0 saturated carbocycles. The molecular weight excluding hydrogens is 420 g/mol. The molecule has 0 amide bonds. The Morgan fingerprint density at radius 3 is 1.82 bits per heavy atom. The van der Waals surface area contributed by atoms with E-state index in [1.54, 1.807) is 12.1 Å². The van der Waals surface area contributed by atoms with Gasteiger partial charge in [0.2, 0.25) is 11.7 Å². The van der Waals surface area contributed by atoms with Crippen LogP contribution in [0.2, 0.25) is 0 Å². The van der Waals surface area contributed by atoms with Crippen LogP contribution in [0.15, 0.2) is 72.8 Å². The molecule has 0 bridgehead atoms. The molecule has 0 unspecified atom stereocenters. The zero-order valence-electron chi connectivity index (χ0n) is 18.4. The van der Waals surface area contributed by atoms with Gasteiger partial charge in [-0.05, 0) is 23.3 Å². The van der Waals surface area contributed by atoms with Gasteiger partial charge in [0, 0.05) is 5.56 Å². The molecule has 33 heavy (non-hydrogen) atoms. The number of fused-ring (bicyclic) bond motifs is 1. The number of anilines is 1. The first kappa shape index (κ1) is 20.6. The van der Waals surface area contributed by atoms with Gasteiger partial charge in [0.1, 0.15) is 0 Å². The molecule has 5 rings (SSSR count). The summed E-state index contributed by atoms with van der Waals surface area (Å²) in [6, 6.07) is 22.7. The molecule has 0 atom stereocenters. The van der Waals surface area contributed by atoms with Crippen LogP contribution in [0.5, 0.6) is 17.2 Å². The largest absolute Gasteiger partial charge is 0.493 e. The molecule has 0 saturated heterocycles. The van der Waals surface area contributed by atoms with Crippen LogP contribution in [0.4, 0.5) is 5.95 Å². The third-order valence-electron chi connectivity index (χ3n) is 5.82. The van der Waals surface area contributed by atoms with Crippen LogP contribution in [0, 0.1) is 0 Å². The summed E-state index contributed by atoms with van der Waals surface area (Å²) >= 11 is 0. The normalized spacial score (nSPS) is 13.8. The van der Waals surface area contributed by atoms with Gasteiger partial charge >= 0.3 is 0 Å². The Bertz CT molecular complexity index is 1250. The van der Waals surface area contributed by atoms with Crippen LogP contribution in [0.25, 0.3) is 11.4 Å². The lowest BCUT2D eigenvalue weighted by Crippen LogP contribution is -2.41. The minimum atomic E-state index is -1.14. The van der Waals surface area contributed by atoms with Crippen LogP contribution in [0.1, 0.15) is 15.9 Å². The van der Waals surface area contributed by atoms with Crippen LogP contribution in [0.3, 0.4) is 0 Å². The summed E-state index contributed by atoms with van der Waals surface area (Å²) in [4.78, 5) is 14.1. The van der Waals surface area contributed by atoms with Crippen LogP contribution >= 0.6 is 0 Å². The highest BCUT2D eigenvalue weighted by Crippen LogP contribution is 2.44. The van der Waals surface area contributed by atoms with E-state index in [1.165, 1.54) is 25.9 Å². The Hall–Kier alpha value is -4.33. The summed E-state index contributed by atoms with van der Waals surface area (Å²) in [5.74, 6) is 1.90. The van der Waals surface area contributed by atoms with E-state index in [4.69, 9.17) is 14.2 Å². The minimum absolute atomic E-state index is 0.205. The predicted octanol–water partition coefficient (Wildman–Crippen LogP) is 3.98. The lowest BCUT2D eigenvalue weighted by atomic mass is 9.82. The topological polar surface area (TPSA) is 87.5 Å². The summed E-state index contributed by atoms with van der Waals surface area (Å²) in [6.45, 7) is 0. The molecule has 8 heteroatoms. The van der Waals surface area contributed by atoms with Gasteiger partial charge in [-0.25, -0.2) is 4.57 Å². The number of hydrogen-bond acceptors (Lipinski definition) is 7. The fourth-order valence-corrected chi connectivity index (χ4v) is 4.28. The zero-order chi connectivity index (χ0) is 23.0. The quantitative estimate of drug-likeness (QED) is 0.483. The van der Waals surface area contributed by atoms with E-state index in [1.807, 2.05) is 60.7 Å². The molecule has 0 fully saturated rings. The smallest absolute Gasteiger partial charge is 0.270 e. The molecule has 1 aromatic heterocycles. The van der Waals surface area contributed by atoms with Crippen molar-refractivity contribution in [3.8, 4) is 28.6 Å². The summed E-state index contributed by atoms with van der Waals surface area (Å²) in [5.41, 5.74) is 1.09. The van der Waals surface area contributed by atoms with E-state index in [0.717, 1.165) is 11.1 Å². The highest BCUT2D eigenvalue weighted by atomic mass is 16.5. The van der Waals surface area contributed by atoms with Crippen molar-refractivity contribution < 1.29 is 19.0 Å². The Morgan fingerprint density at radius 2 is 1.33 bits per heavy atom. The molecule has 3 aromatic carbocycles. The van der Waals surface area contributed by atoms with Gasteiger partial charge in [0.05, 0.1) is 21.3 Å². The van der Waals surface area contributed by atoms with Gasteiger partial charge in [-0.3, -0.25) is 4.79 Å². The highest BCUT2D eigenvalue weighted by Gasteiger charge is 2.50. The number of carbonyl (C=O) groups excluding carboxylic acids is 1. The number of rotatable bonds is 6. The predicted molar refractivity (Wildman–Crippen MR) is 123 cm³/mol. The molecule has 1 N–H and O–H groups in total. The van der Waals surface area contributed by atoms with Gasteiger partial charge < -0.3 is 19.5 Å². The highest BCUT2D eigenvalue weighted by molar-refractivity contribution is 6.03. The third-order valence-corrected chi connectivity index (χ3v) is 5.82. The Morgan fingerprint density at radius 1 is 0.788 bits per heavy atom. The molecule has 0 aliphatic carbocycles. The number of benzene rings is 3. The molecule has 166 valence electrons. The fourth-order valence-electron chi connectivity index (χ4n) is 4.28. The van der Waals surface area contributed by atoms with E-state index in [2.05, 4.69) is 15.5 Å². The number of nitrogens with one attached hydrogen (secondary N) is 1. The first-order valence-corrected chi connectivity index (χ1v) is 10.3. The fraction of sp³-hybridized carbons (Fsp3) is 0.160. The average molecular weight is 442 g/mol. The maximum Gasteiger partial charge on any atom is 0.270 e. The van der Waals surface area contributed by atoms with E-state index in [9.17, 15) is 4.79 Å². The molecule has 8 nitrogen and oxygen atoms in total. The average Bonchev–Trinajstić information content (AvgIpc) is 3.42. The van der Waals surface area contributed by atoms with Crippen molar-refractivity contribution in [1.82, 2.24) is 14.8 Å². The zero-order valence-corrected chi connectivity index (χ0v) is 18.4. The number of hydrogen-bond donors (Lipinski definition) is 1. The molecule has 2 heterocycles. The number of aromatic nitrogens is 3. The molecule has 1 aliphatic heterocycles. The lowest BCUT2D eigenvalue weighted by Gasteiger charge is -2.28. The minimum Gasteiger partial charge on any atom is -0.493 e. The number of ether oxygens (including phenoxy) is 3. The van der Waals surface area contributed by atoms with E-state index >= 15 is 0 Å². The van der Waals surface area contributed by atoms with Crippen molar-refractivity contribution in [3.05, 3.63) is 83.9 Å². The van der Waals surface area contributed by atoms with Crippen LogP contribution < -0.4 is 19.5 Å². The molecular formula is C25H22N4O4. The van der Waals surface area contributed by atoms with Crippen LogP contribution in [-0.4, -0.2) is 42.0 Å². The van der Waals surface area contributed by atoms with E-state index in [0.29, 0.717) is 34.6 Å². The maximum absolute atomic E-state index is 14.1.